The summed E-state index contributed by atoms with van der Waals surface area (Å²) in [6.45, 7) is 19.5. The Morgan fingerprint density at radius 1 is 0.554 bits per heavy atom. The Bertz CT molecular complexity index is 2420. The Balaban J connectivity index is 1.54. The fraction of sp³-hybridized carbons (Fsp3) is 0.255. The van der Waals surface area contributed by atoms with Crippen LogP contribution in [-0.4, -0.2) is 3.21 Å². The van der Waals surface area contributed by atoms with Crippen LogP contribution in [-0.2, 0) is 38.5 Å². The molecule has 56 heavy (non-hydrogen) atoms. The third kappa shape index (κ3) is 7.29. The first-order valence-electron chi connectivity index (χ1n) is 20.6. The molecule has 0 aromatic heterocycles. The molecule has 2 aliphatic carbocycles. The van der Waals surface area contributed by atoms with Gasteiger partial charge in [0.15, 0.2) is 0 Å². The number of allylic oxidation sites excluding steroid dienone is 4. The molecule has 280 valence electrons. The van der Waals surface area contributed by atoms with Gasteiger partial charge in [0, 0.05) is 0 Å². The molecule has 0 fully saturated rings. The molecule has 0 aliphatic heterocycles. The molecule has 0 amide bonds. The van der Waals surface area contributed by atoms with Crippen LogP contribution in [0.15, 0.2) is 161 Å². The predicted molar refractivity (Wildman–Crippen MR) is 239 cm³/mol. The van der Waals surface area contributed by atoms with Gasteiger partial charge >= 0.3 is 346 Å². The van der Waals surface area contributed by atoms with Crippen molar-refractivity contribution in [2.45, 2.75) is 90.9 Å². The molecule has 0 nitrogen and oxygen atoms in total. The van der Waals surface area contributed by atoms with Crippen molar-refractivity contribution in [3.8, 4) is 33.4 Å². The van der Waals surface area contributed by atoms with E-state index in [-0.39, 0.29) is 10.8 Å². The Hall–Kier alpha value is -4.45. The van der Waals surface area contributed by atoms with Crippen molar-refractivity contribution >= 4 is 6.48 Å². The number of fused-ring (bicyclic) bond motifs is 3. The molecule has 0 N–H and O–H groups in total. The third-order valence-corrected chi connectivity index (χ3v) is 20.9. The molecule has 0 saturated carbocycles. The van der Waals surface area contributed by atoms with Crippen molar-refractivity contribution in [1.82, 2.24) is 0 Å². The molecular weight excluding hydrogens is 752 g/mol. The first-order valence-corrected chi connectivity index (χ1v) is 24.3. The van der Waals surface area contributed by atoms with E-state index in [0.717, 1.165) is 12.8 Å². The van der Waals surface area contributed by atoms with Gasteiger partial charge in [-0.2, -0.15) is 0 Å². The summed E-state index contributed by atoms with van der Waals surface area (Å²) in [5, 5.41) is 0. The van der Waals surface area contributed by atoms with Crippen LogP contribution in [0.4, 0.5) is 0 Å². The van der Waals surface area contributed by atoms with Gasteiger partial charge in [-0.15, -0.1) is 0 Å². The van der Waals surface area contributed by atoms with Gasteiger partial charge < -0.3 is 0 Å². The van der Waals surface area contributed by atoms with Crippen LogP contribution in [0, 0.1) is 0 Å². The second kappa shape index (κ2) is 15.5. The molecule has 1 heteroatoms. The van der Waals surface area contributed by atoms with Gasteiger partial charge in [-0.1, -0.05) is 0 Å². The molecule has 0 saturated heterocycles. The van der Waals surface area contributed by atoms with E-state index in [0.29, 0.717) is 11.8 Å². The second-order valence-corrected chi connectivity index (χ2v) is 24.2. The summed E-state index contributed by atoms with van der Waals surface area (Å²) in [7, 11) is 0. The van der Waals surface area contributed by atoms with E-state index in [9.17, 15) is 0 Å². The summed E-state index contributed by atoms with van der Waals surface area (Å²) in [4.78, 5) is 0. The van der Waals surface area contributed by atoms with E-state index in [4.69, 9.17) is 0 Å². The first kappa shape index (κ1) is 38.4. The van der Waals surface area contributed by atoms with Gasteiger partial charge in [0.1, 0.15) is 0 Å². The molecule has 2 unspecified atom stereocenters. The van der Waals surface area contributed by atoms with Crippen LogP contribution in [0.5, 0.6) is 0 Å². The fourth-order valence-corrected chi connectivity index (χ4v) is 18.8. The normalized spacial score (nSPS) is 14.5. The Labute approximate surface area is 344 Å². The van der Waals surface area contributed by atoms with Crippen LogP contribution in [0.3, 0.4) is 0 Å². The van der Waals surface area contributed by atoms with Gasteiger partial charge in [0.2, 0.25) is 0 Å². The van der Waals surface area contributed by atoms with Crippen molar-refractivity contribution in [3.05, 3.63) is 194 Å². The molecule has 0 spiro atoms. The fourth-order valence-electron chi connectivity index (χ4n) is 9.40. The maximum atomic E-state index is 2.63. The standard InChI is InChI=1S/C33H33.C17H18.C5H5.Zr/c1-32(2,3)30-20-26-24(18-28(30)22-13-9-7-10-14-22)17-25-19-29(23-15-11-8-12-16-23)31(21-27(25)26)33(4,5)6;1-14(16-9-5-3-6-10-16)13-15(2)17-11-7-4-8-12-17;1-2-4-5-3-1;/h7-16,18,20-21H,17H2,1-6H3;3-12,14-15H,1-2H3;1-3H,4H2;. The van der Waals surface area contributed by atoms with Crippen molar-refractivity contribution < 1.29 is 21.3 Å². The van der Waals surface area contributed by atoms with Crippen molar-refractivity contribution in [3.63, 3.8) is 0 Å². The molecule has 0 bridgehead atoms. The third-order valence-electron chi connectivity index (χ3n) is 12.3. The summed E-state index contributed by atoms with van der Waals surface area (Å²) in [6, 6.07) is 53.1. The quantitative estimate of drug-likeness (QED) is 0.143. The van der Waals surface area contributed by atoms with E-state index in [1.165, 1.54) is 61.2 Å². The Kier molecular flexibility index (Phi) is 10.6. The van der Waals surface area contributed by atoms with E-state index in [1.54, 1.807) is 15.3 Å². The Morgan fingerprint density at radius 3 is 1.55 bits per heavy atom. The first-order chi connectivity index (χ1) is 26.9. The van der Waals surface area contributed by atoms with Gasteiger partial charge in [-0.05, 0) is 0 Å². The van der Waals surface area contributed by atoms with Crippen molar-refractivity contribution in [2.75, 3.05) is 0 Å². The number of benzene rings is 6. The van der Waals surface area contributed by atoms with E-state index in [1.807, 2.05) is 0 Å². The molecule has 6 aromatic rings. The summed E-state index contributed by atoms with van der Waals surface area (Å²) < 4.78 is 5.16. The molecule has 0 heterocycles. The zero-order chi connectivity index (χ0) is 39.2. The van der Waals surface area contributed by atoms with Crippen molar-refractivity contribution in [1.29, 1.82) is 0 Å². The van der Waals surface area contributed by atoms with Crippen LogP contribution in [0.1, 0.15) is 107 Å². The average molecular weight is 808 g/mol. The molecule has 2 aliphatic rings. The van der Waals surface area contributed by atoms with E-state index in [2.05, 4.69) is 213 Å². The number of rotatable bonds is 8. The van der Waals surface area contributed by atoms with E-state index < -0.39 is 21.3 Å². The summed E-state index contributed by atoms with van der Waals surface area (Å²) in [5.74, 6) is 0.613. The summed E-state index contributed by atoms with van der Waals surface area (Å²) >= 11 is -3.02. The van der Waals surface area contributed by atoms with Crippen LogP contribution in [0.25, 0.3) is 33.4 Å². The van der Waals surface area contributed by atoms with Crippen molar-refractivity contribution in [2.24, 2.45) is 0 Å². The maximum absolute atomic E-state index is 3.02. The summed E-state index contributed by atoms with van der Waals surface area (Å²) in [6.07, 6.45) is 9.30. The van der Waals surface area contributed by atoms with Crippen LogP contribution >= 0.6 is 0 Å². The van der Waals surface area contributed by atoms with Crippen LogP contribution < -0.4 is 3.27 Å². The predicted octanol–water partition coefficient (Wildman–Crippen LogP) is 14.1. The zero-order valence-electron chi connectivity index (χ0n) is 34.6. The van der Waals surface area contributed by atoms with Gasteiger partial charge in [-0.25, -0.2) is 0 Å². The molecular formula is C55H56Zr. The van der Waals surface area contributed by atoms with E-state index >= 15 is 0 Å². The minimum atomic E-state index is -3.02. The SMILES string of the molecule is CC([C](C(C)c1ccccc1)=[Zr]([C]1=CC=CC1)[c]1c2c(cc(C(C)(C)C)c1-c1ccccc1)-c1cc(C(C)(C)C)c(-c3ccccc3)cc1C2)c1ccccc1. The second-order valence-electron chi connectivity index (χ2n) is 18.1. The molecule has 0 radical (unpaired) electrons. The Morgan fingerprint density at radius 2 is 1.05 bits per heavy atom. The average Bonchev–Trinajstić information content (AvgIpc) is 3.87. The topological polar surface area (TPSA) is 0 Å². The number of hydrogen-bond donors (Lipinski definition) is 0. The minimum absolute atomic E-state index is 0.0128. The van der Waals surface area contributed by atoms with Gasteiger partial charge in [0.25, 0.3) is 0 Å². The summed E-state index contributed by atoms with van der Waals surface area (Å²) in [5.41, 5.74) is 17.1. The zero-order valence-corrected chi connectivity index (χ0v) is 37.0. The van der Waals surface area contributed by atoms with Gasteiger partial charge in [-0.3, -0.25) is 0 Å². The van der Waals surface area contributed by atoms with Gasteiger partial charge in [0.05, 0.1) is 0 Å². The monoisotopic (exact) mass is 806 g/mol. The molecule has 6 aromatic carbocycles. The number of hydrogen-bond acceptors (Lipinski definition) is 0. The molecule has 2 atom stereocenters. The molecule has 8 rings (SSSR count). The van der Waals surface area contributed by atoms with Crippen LogP contribution in [0.2, 0.25) is 0 Å².